The van der Waals surface area contributed by atoms with Gasteiger partial charge in [-0.15, -0.1) is 11.6 Å². The molecule has 16 heavy (non-hydrogen) atoms. The number of aryl methyl sites for hydroxylation is 1. The summed E-state index contributed by atoms with van der Waals surface area (Å²) in [5.41, 5.74) is 0.688. The van der Waals surface area contributed by atoms with Crippen molar-refractivity contribution >= 4 is 23.2 Å². The number of hydrogen-bond donors (Lipinski definition) is 0. The monoisotopic (exact) mass is 262 g/mol. The Labute approximate surface area is 107 Å². The molecule has 0 aromatic heterocycles. The van der Waals surface area contributed by atoms with Crippen LogP contribution < -0.4 is 0 Å². The molecule has 3 heteroatoms. The fourth-order valence-corrected chi connectivity index (χ4v) is 2.27. The maximum atomic E-state index is 13.4. The highest BCUT2D eigenvalue weighted by molar-refractivity contribution is 6.30. The van der Waals surface area contributed by atoms with E-state index in [1.807, 2.05) is 0 Å². The predicted molar refractivity (Wildman–Crippen MR) is 68.9 cm³/mol. The second-order valence-electron chi connectivity index (χ2n) is 4.01. The van der Waals surface area contributed by atoms with E-state index in [1.54, 1.807) is 12.1 Å². The van der Waals surface area contributed by atoms with Gasteiger partial charge < -0.3 is 0 Å². The van der Waals surface area contributed by atoms with E-state index in [-0.39, 0.29) is 11.2 Å². The van der Waals surface area contributed by atoms with Gasteiger partial charge in [-0.25, -0.2) is 4.39 Å². The van der Waals surface area contributed by atoms with Crippen LogP contribution in [0.2, 0.25) is 5.02 Å². The van der Waals surface area contributed by atoms with Crippen molar-refractivity contribution in [1.82, 2.24) is 0 Å². The lowest BCUT2D eigenvalue weighted by atomic mass is 10.0. The first-order valence-electron chi connectivity index (χ1n) is 5.71. The van der Waals surface area contributed by atoms with Crippen LogP contribution >= 0.6 is 23.2 Å². The van der Waals surface area contributed by atoms with Crippen molar-refractivity contribution in [3.05, 3.63) is 34.6 Å². The van der Waals surface area contributed by atoms with Gasteiger partial charge in [0.15, 0.2) is 0 Å². The minimum absolute atomic E-state index is 0.175. The van der Waals surface area contributed by atoms with E-state index in [0.717, 1.165) is 25.7 Å². The van der Waals surface area contributed by atoms with Crippen LogP contribution in [0.1, 0.15) is 38.2 Å². The zero-order valence-electron chi connectivity index (χ0n) is 9.48. The van der Waals surface area contributed by atoms with Crippen molar-refractivity contribution in [1.29, 1.82) is 0 Å². The summed E-state index contributed by atoms with van der Waals surface area (Å²) in [5.74, 6) is -0.175. The van der Waals surface area contributed by atoms with E-state index < -0.39 is 0 Å². The van der Waals surface area contributed by atoms with E-state index in [2.05, 4.69) is 6.92 Å². The molecular formula is C13H17Cl2F. The molecule has 90 valence electrons. The van der Waals surface area contributed by atoms with Crippen LogP contribution in [-0.4, -0.2) is 5.38 Å². The van der Waals surface area contributed by atoms with E-state index in [4.69, 9.17) is 23.2 Å². The lowest BCUT2D eigenvalue weighted by Gasteiger charge is -2.08. The van der Waals surface area contributed by atoms with E-state index in [9.17, 15) is 4.39 Å². The maximum absolute atomic E-state index is 13.4. The molecule has 1 aromatic carbocycles. The number of alkyl halides is 1. The summed E-state index contributed by atoms with van der Waals surface area (Å²) >= 11 is 11.9. The van der Waals surface area contributed by atoms with Crippen LogP contribution in [-0.2, 0) is 6.42 Å². The molecule has 0 heterocycles. The molecule has 0 aliphatic heterocycles. The van der Waals surface area contributed by atoms with Crippen LogP contribution in [0.5, 0.6) is 0 Å². The molecule has 0 saturated carbocycles. The molecule has 0 N–H and O–H groups in total. The highest BCUT2D eigenvalue weighted by Crippen LogP contribution is 2.19. The second-order valence-corrected chi connectivity index (χ2v) is 5.07. The molecule has 0 nitrogen and oxygen atoms in total. The Balaban J connectivity index is 2.39. The summed E-state index contributed by atoms with van der Waals surface area (Å²) < 4.78 is 13.4. The Hall–Kier alpha value is -0.270. The third-order valence-corrected chi connectivity index (χ3v) is 3.24. The van der Waals surface area contributed by atoms with Crippen molar-refractivity contribution in [2.75, 3.05) is 0 Å². The summed E-state index contributed by atoms with van der Waals surface area (Å²) in [6.07, 6.45) is 4.67. The Morgan fingerprint density at radius 2 is 2.06 bits per heavy atom. The Morgan fingerprint density at radius 3 is 2.75 bits per heavy atom. The average Bonchev–Trinajstić information content (AvgIpc) is 2.23. The zero-order valence-corrected chi connectivity index (χ0v) is 11.0. The lowest BCUT2D eigenvalue weighted by Crippen LogP contribution is -1.99. The number of benzene rings is 1. The summed E-state index contributed by atoms with van der Waals surface area (Å²) in [6, 6.07) is 4.68. The Kier molecular flexibility index (Phi) is 6.15. The number of hydrogen-bond acceptors (Lipinski definition) is 0. The quantitative estimate of drug-likeness (QED) is 0.618. The van der Waals surface area contributed by atoms with Crippen molar-refractivity contribution in [2.24, 2.45) is 0 Å². The minimum Gasteiger partial charge on any atom is -0.207 e. The SMILES string of the molecule is CCCC(Cl)CCCc1cc(Cl)ccc1F. The third kappa shape index (κ3) is 4.71. The fourth-order valence-electron chi connectivity index (χ4n) is 1.71. The first-order valence-corrected chi connectivity index (χ1v) is 6.53. The zero-order chi connectivity index (χ0) is 12.0. The maximum Gasteiger partial charge on any atom is 0.126 e. The van der Waals surface area contributed by atoms with E-state index in [0.29, 0.717) is 17.0 Å². The predicted octanol–water partition coefficient (Wildman–Crippen LogP) is 5.21. The summed E-state index contributed by atoms with van der Waals surface area (Å²) in [5, 5.41) is 0.805. The molecule has 0 fully saturated rings. The molecule has 1 aromatic rings. The van der Waals surface area contributed by atoms with E-state index >= 15 is 0 Å². The van der Waals surface area contributed by atoms with Gasteiger partial charge in [-0.2, -0.15) is 0 Å². The summed E-state index contributed by atoms with van der Waals surface area (Å²) in [6.45, 7) is 2.12. The van der Waals surface area contributed by atoms with Crippen LogP contribution in [0, 0.1) is 5.82 Å². The van der Waals surface area contributed by atoms with Crippen molar-refractivity contribution in [3.63, 3.8) is 0 Å². The molecule has 0 amide bonds. The number of halogens is 3. The van der Waals surface area contributed by atoms with Gasteiger partial charge in [0.05, 0.1) is 0 Å². The highest BCUT2D eigenvalue weighted by Gasteiger charge is 2.06. The fraction of sp³-hybridized carbons (Fsp3) is 0.538. The van der Waals surface area contributed by atoms with Crippen LogP contribution in [0.4, 0.5) is 4.39 Å². The molecule has 0 aliphatic rings. The average molecular weight is 263 g/mol. The molecular weight excluding hydrogens is 246 g/mol. The van der Waals surface area contributed by atoms with Gasteiger partial charge in [0.1, 0.15) is 5.82 Å². The standard InChI is InChI=1S/C13H17Cl2F/c1-2-4-11(14)6-3-5-10-9-12(15)7-8-13(10)16/h7-9,11H,2-6H2,1H3. The van der Waals surface area contributed by atoms with Gasteiger partial charge in [0.2, 0.25) is 0 Å². The normalized spacial score (nSPS) is 12.8. The topological polar surface area (TPSA) is 0 Å². The Morgan fingerprint density at radius 1 is 1.31 bits per heavy atom. The smallest absolute Gasteiger partial charge is 0.126 e. The van der Waals surface area contributed by atoms with Gasteiger partial charge in [-0.05, 0) is 49.4 Å². The van der Waals surface area contributed by atoms with Gasteiger partial charge in [-0.3, -0.25) is 0 Å². The van der Waals surface area contributed by atoms with Gasteiger partial charge in [0.25, 0.3) is 0 Å². The molecule has 0 spiro atoms. The van der Waals surface area contributed by atoms with Crippen molar-refractivity contribution in [3.8, 4) is 0 Å². The van der Waals surface area contributed by atoms with Gasteiger partial charge in [0, 0.05) is 10.4 Å². The van der Waals surface area contributed by atoms with Crippen LogP contribution in [0.25, 0.3) is 0 Å². The van der Waals surface area contributed by atoms with Gasteiger partial charge in [-0.1, -0.05) is 24.9 Å². The molecule has 0 bridgehead atoms. The molecule has 1 rings (SSSR count). The summed E-state index contributed by atoms with van der Waals surface area (Å²) in [7, 11) is 0. The van der Waals surface area contributed by atoms with Crippen LogP contribution in [0.3, 0.4) is 0 Å². The molecule has 1 atom stereocenters. The lowest BCUT2D eigenvalue weighted by molar-refractivity contribution is 0.590. The molecule has 1 unspecified atom stereocenters. The minimum atomic E-state index is -0.175. The van der Waals surface area contributed by atoms with E-state index in [1.165, 1.54) is 6.07 Å². The Bertz CT molecular complexity index is 326. The molecule has 0 radical (unpaired) electrons. The second kappa shape index (κ2) is 7.13. The first kappa shape index (κ1) is 13.8. The number of rotatable bonds is 6. The molecule has 0 saturated heterocycles. The molecule has 0 aliphatic carbocycles. The van der Waals surface area contributed by atoms with Gasteiger partial charge >= 0.3 is 0 Å². The first-order chi connectivity index (χ1) is 7.63. The van der Waals surface area contributed by atoms with Crippen molar-refractivity contribution in [2.45, 2.75) is 44.4 Å². The largest absolute Gasteiger partial charge is 0.207 e. The van der Waals surface area contributed by atoms with Crippen molar-refractivity contribution < 1.29 is 4.39 Å². The van der Waals surface area contributed by atoms with Crippen LogP contribution in [0.15, 0.2) is 18.2 Å². The third-order valence-electron chi connectivity index (χ3n) is 2.57. The highest BCUT2D eigenvalue weighted by atomic mass is 35.5. The summed E-state index contributed by atoms with van der Waals surface area (Å²) in [4.78, 5) is 0.